The molecular weight excluding hydrogens is 1930 g/mol. The van der Waals surface area contributed by atoms with Crippen LogP contribution in [0.1, 0.15) is 119 Å². The van der Waals surface area contributed by atoms with Gasteiger partial charge in [-0.2, -0.15) is 0 Å². The van der Waals surface area contributed by atoms with Gasteiger partial charge in [0.2, 0.25) is 5.24 Å². The molecule has 0 saturated carbocycles. The number of alkyl halides is 3. The fourth-order valence-corrected chi connectivity index (χ4v) is 17.9. The van der Waals surface area contributed by atoms with Crippen molar-refractivity contribution < 1.29 is 129 Å². The minimum atomic E-state index is -3.04. The molecule has 6 aliphatic rings. The van der Waals surface area contributed by atoms with E-state index in [-0.39, 0.29) is 56.8 Å². The second-order valence-electron chi connectivity index (χ2n) is 33.0. The number of aromatic hydroxyl groups is 1. The maximum Gasteiger partial charge on any atom is 1.00 e. The van der Waals surface area contributed by atoms with E-state index in [1.54, 1.807) is 88.1 Å². The Labute approximate surface area is 887 Å². The standard InChI is InChI=1S/C35H28O3.C20H20O4.C20H18O3.C15H12O.C10H11ClO3.C10H10O.C4H8O.C3H4.CHCl3.Na.HO4P.H2.H/c1-36-31-21-29-27-18-17-23-11-9-10-16-26(23)33(27)34-28(30(29)22-32(31)37-2)19-20-35(38-34,24-12-5-3-6-13-24)25-14-7-4-8-15-25;1-23-18-10-7-13(12-19(18)24-2)11-17(22)20-15-6-4-3-5-14(15)8-9-16(20)21;1-22-18-10-13-9-17(21)20-14-6-4-3-5-12(14)7-8-15(20)16(13)11-19(18)23-2;1-2-15(16,13-9-5-3-6-10-13)14-11-7-4-8-12-14;1-13-8-4-3-7(6-10(11)12)5-9(8)14-2;11-10-6-5-8-3-1-2-4-9(8)7-10;1-2-4-5-3-1;1-3-2;2-1(3)4;;1-4-5(2)3;;/h3-16,19-22H,17-18H2,1-2H3;3-7,10,12,22H,8-9,11H2,1-2H3;3-6,9-11,21H,7-8H2,1-2H3;1,3-12,16H;3-5H,6H2,1-2H3;1-4H,5-7H2;1-4H2;1H,2H3;1H;;1H;1H;/q;;;;;;;;;+1;;;-1. The predicted octanol–water partition coefficient (Wildman–Crippen LogP) is 22.6. The van der Waals surface area contributed by atoms with Gasteiger partial charge >= 0.3 is 37.8 Å². The van der Waals surface area contributed by atoms with Crippen molar-refractivity contribution in [3.05, 3.63) is 380 Å². The van der Waals surface area contributed by atoms with Gasteiger partial charge in [0.15, 0.2) is 67.3 Å². The van der Waals surface area contributed by atoms with Crippen LogP contribution in [-0.2, 0) is 97.3 Å². The molecule has 2 heterocycles. The maximum absolute atomic E-state index is 12.3. The Morgan fingerprint density at radius 1 is 0.500 bits per heavy atom. The van der Waals surface area contributed by atoms with Crippen LogP contribution in [0.5, 0.6) is 57.5 Å². The number of rotatable bonds is 17. The van der Waals surface area contributed by atoms with Crippen LogP contribution in [0.25, 0.3) is 55.4 Å². The smallest absolute Gasteiger partial charge is 1.00 e. The zero-order valence-electron chi connectivity index (χ0n) is 82.9. The molecule has 0 radical (unpaired) electrons. The summed E-state index contributed by atoms with van der Waals surface area (Å²) in [6.45, 7) is 3.65. The monoisotopic (exact) mass is 2050 g/mol. The maximum atomic E-state index is 12.3. The number of methoxy groups -OCH3 is 8. The summed E-state index contributed by atoms with van der Waals surface area (Å²) in [4.78, 5) is 43.0. The molecule has 1 saturated heterocycles. The minimum Gasteiger partial charge on any atom is -1.00 e. The first kappa shape index (κ1) is 113. The van der Waals surface area contributed by atoms with Crippen molar-refractivity contribution in [1.82, 2.24) is 0 Å². The average Bonchev–Trinajstić information content (AvgIpc) is 0.749. The molecular formula is C118H116Cl4NaO20P. The fourth-order valence-electron chi connectivity index (χ4n) is 17.8. The number of ketones is 2. The number of benzene rings is 14. The van der Waals surface area contributed by atoms with Gasteiger partial charge in [-0.15, -0.1) is 18.8 Å². The molecule has 4 N–H and O–H groups in total. The molecule has 0 bridgehead atoms. The molecule has 14 aromatic rings. The molecule has 144 heavy (non-hydrogen) atoms. The Morgan fingerprint density at radius 2 is 0.882 bits per heavy atom. The Bertz CT molecular complexity index is 6790. The number of Topliss-reactive ketones (excluding diaryl/α,β-unsaturated/α-hetero) is 2. The van der Waals surface area contributed by atoms with E-state index in [0.29, 0.717) is 75.6 Å². The first-order chi connectivity index (χ1) is 69.3. The van der Waals surface area contributed by atoms with Gasteiger partial charge in [0.1, 0.15) is 23.0 Å². The minimum absolute atomic E-state index is 0. The molecule has 1 unspecified atom stereocenters. The zero-order chi connectivity index (χ0) is 103. The van der Waals surface area contributed by atoms with Gasteiger partial charge in [-0.1, -0.05) is 271 Å². The normalized spacial score (nSPS) is 13.4. The number of hydrogen-bond donors (Lipinski definition) is 4. The van der Waals surface area contributed by atoms with E-state index < -0.39 is 29.0 Å². The van der Waals surface area contributed by atoms with Crippen molar-refractivity contribution in [2.75, 3.05) is 70.1 Å². The number of allylic oxidation sites excluding steroid dienone is 2. The number of aliphatic hydroxyl groups excluding tert-OH is 1. The predicted molar refractivity (Wildman–Crippen MR) is 570 cm³/mol. The Morgan fingerprint density at radius 3 is 1.33 bits per heavy atom. The molecule has 20 nitrogen and oxygen atoms in total. The summed E-state index contributed by atoms with van der Waals surface area (Å²) in [7, 11) is 9.86. The van der Waals surface area contributed by atoms with Crippen LogP contribution in [-0.4, -0.2) is 112 Å². The summed E-state index contributed by atoms with van der Waals surface area (Å²) in [5.74, 6) is 11.7. The molecule has 742 valence electrons. The van der Waals surface area contributed by atoms with Crippen LogP contribution in [0.2, 0.25) is 0 Å². The molecule has 0 amide bonds. The number of phenols is 1. The number of terminal acetylenes is 2. The van der Waals surface area contributed by atoms with Crippen molar-refractivity contribution in [2.24, 2.45) is 0 Å². The summed E-state index contributed by atoms with van der Waals surface area (Å²) >= 11 is 19.7. The summed E-state index contributed by atoms with van der Waals surface area (Å²) in [5, 5.41) is 42.8. The Kier molecular flexibility index (Phi) is 44.2. The van der Waals surface area contributed by atoms with Crippen LogP contribution in [0.3, 0.4) is 0 Å². The first-order valence-corrected chi connectivity index (χ1v) is 48.8. The quantitative estimate of drug-likeness (QED) is 0.00759. The molecule has 0 aromatic heterocycles. The van der Waals surface area contributed by atoms with Gasteiger partial charge in [0.25, 0.3) is 0 Å². The number of aryl methyl sites for hydroxylation is 6. The summed E-state index contributed by atoms with van der Waals surface area (Å²) in [6.07, 6.45) is 24.8. The topological polar surface area (TPSA) is 274 Å². The van der Waals surface area contributed by atoms with Gasteiger partial charge in [-0.25, -0.2) is 5.26 Å². The van der Waals surface area contributed by atoms with Crippen LogP contribution >= 0.6 is 54.7 Å². The summed E-state index contributed by atoms with van der Waals surface area (Å²) < 4.78 is 66.1. The molecule has 1 fully saturated rings. The molecule has 20 rings (SSSR count). The van der Waals surface area contributed by atoms with E-state index in [2.05, 4.69) is 144 Å². The van der Waals surface area contributed by atoms with Gasteiger partial charge < -0.3 is 69.0 Å². The molecule has 2 aliphatic heterocycles. The van der Waals surface area contributed by atoms with Crippen LogP contribution in [0.4, 0.5) is 0 Å². The van der Waals surface area contributed by atoms with Crippen LogP contribution in [0, 0.1) is 24.7 Å². The number of halogens is 4. The SMILES string of the molecule is C#CC.C#CC(O)(c1ccccc1)c1ccccc1.C1CCOC1.COc1cc2c3c(c4c(c2cc1OC)CCc1ccccc1-4)OC(c1ccccc1)(c1ccccc1)C=C3.COc1cc2cc(O)c3c(c2cc1OC)CCc1ccccc1-3.COc1ccc(CC(=O)Cl)cc1OC.COc1ccc(CC(O)=C2C(=O)CCc3ccccc32)cc1OC.ClC(Cl)Cl.O=C1CCc2ccccc2C1.O=[P+]([O-])OO.[H-].[HH].[Na+]. The number of fused-ring (bicyclic) bond motifs is 15. The average molecular weight is 2050 g/mol. The molecule has 26 heteroatoms. The van der Waals surface area contributed by atoms with Crippen LogP contribution in [0.15, 0.2) is 297 Å². The number of phenolic OH excluding ortho intramolecular Hbond substituents is 1. The second-order valence-corrected chi connectivity index (χ2v) is 36.0. The van der Waals surface area contributed by atoms with E-state index in [9.17, 15) is 29.7 Å². The van der Waals surface area contributed by atoms with E-state index >= 15 is 0 Å². The Balaban J connectivity index is 0.000000214. The van der Waals surface area contributed by atoms with E-state index in [0.717, 1.165) is 142 Å². The van der Waals surface area contributed by atoms with E-state index in [1.807, 2.05) is 152 Å². The number of carbonyl (C=O) groups excluding carboxylic acids is 3. The largest absolute Gasteiger partial charge is 1.00 e. The third kappa shape index (κ3) is 29.0. The molecule has 0 spiro atoms. The third-order valence-corrected chi connectivity index (χ3v) is 24.7. The summed E-state index contributed by atoms with van der Waals surface area (Å²) in [5.41, 5.74) is 18.8. The number of carbonyl (C=O) groups is 3. The van der Waals surface area contributed by atoms with Gasteiger partial charge in [-0.05, 0) is 230 Å². The van der Waals surface area contributed by atoms with Crippen molar-refractivity contribution in [2.45, 2.75) is 106 Å². The Hall–Kier alpha value is -12.9. The molecule has 1 atom stereocenters. The third-order valence-electron chi connectivity index (χ3n) is 24.4. The number of aliphatic hydroxyl groups is 2. The molecule has 4 aliphatic carbocycles. The summed E-state index contributed by atoms with van der Waals surface area (Å²) in [6, 6.07) is 93.2. The van der Waals surface area contributed by atoms with Gasteiger partial charge in [0.05, 0.1) is 62.5 Å². The van der Waals surface area contributed by atoms with Crippen LogP contribution < -0.4 is 77.1 Å². The zero-order valence-corrected chi connectivity index (χ0v) is 87.8. The van der Waals surface area contributed by atoms with E-state index in [4.69, 9.17) is 115 Å². The van der Waals surface area contributed by atoms with Crippen molar-refractivity contribution in [1.29, 1.82) is 0 Å². The van der Waals surface area contributed by atoms with Crippen molar-refractivity contribution in [3.63, 3.8) is 0 Å². The second kappa shape index (κ2) is 56.4. The number of hydrogen-bond acceptors (Lipinski definition) is 20. The first-order valence-electron chi connectivity index (χ1n) is 46.0. The number of ether oxygens (including phenoxy) is 10. The van der Waals surface area contributed by atoms with Crippen molar-refractivity contribution in [3.8, 4) is 104 Å². The van der Waals surface area contributed by atoms with Gasteiger partial charge in [-0.3, -0.25) is 14.4 Å². The van der Waals surface area contributed by atoms with Gasteiger partial charge in [0, 0.05) is 90.4 Å². The fraction of sp³-hybridized carbons (Fsp3) is 0.229. The molecule has 14 aromatic carbocycles. The van der Waals surface area contributed by atoms with E-state index in [1.165, 1.54) is 62.7 Å². The van der Waals surface area contributed by atoms with Crippen molar-refractivity contribution >= 4 is 105 Å².